The predicted molar refractivity (Wildman–Crippen MR) is 125 cm³/mol. The fraction of sp³-hybridized carbons (Fsp3) is 0.423. The smallest absolute Gasteiger partial charge is 0.407 e. The zero-order valence-corrected chi connectivity index (χ0v) is 19.2. The number of rotatable bonds is 8. The zero-order valence-electron chi connectivity index (χ0n) is 19.2. The lowest BCUT2D eigenvalue weighted by atomic mass is 9.90. The molecule has 34 heavy (non-hydrogen) atoms. The molecule has 1 fully saturated rings. The van der Waals surface area contributed by atoms with Crippen LogP contribution in [0.3, 0.4) is 0 Å². The Balaban J connectivity index is 1.25. The van der Waals surface area contributed by atoms with E-state index in [0.717, 1.165) is 22.3 Å². The fourth-order valence-corrected chi connectivity index (χ4v) is 4.70. The summed E-state index contributed by atoms with van der Waals surface area (Å²) in [6.45, 7) is 2.60. The largest absolute Gasteiger partial charge is 0.480 e. The quantitative estimate of drug-likeness (QED) is 0.549. The molecule has 1 saturated heterocycles. The summed E-state index contributed by atoms with van der Waals surface area (Å²) in [7, 11) is 0. The summed E-state index contributed by atoms with van der Waals surface area (Å²) < 4.78 is 10.8. The average molecular weight is 467 g/mol. The second-order valence-electron chi connectivity index (χ2n) is 8.96. The molecule has 8 nitrogen and oxygen atoms in total. The maximum atomic E-state index is 12.4. The van der Waals surface area contributed by atoms with E-state index in [1.165, 1.54) is 0 Å². The molecule has 8 heteroatoms. The second kappa shape index (κ2) is 10.3. The molecule has 0 spiro atoms. The molecule has 2 aromatic carbocycles. The van der Waals surface area contributed by atoms with E-state index in [0.29, 0.717) is 19.6 Å². The van der Waals surface area contributed by atoms with E-state index in [1.807, 2.05) is 24.3 Å². The van der Waals surface area contributed by atoms with Gasteiger partial charge in [-0.3, -0.25) is 4.79 Å². The highest BCUT2D eigenvalue weighted by Crippen LogP contribution is 2.44. The molecule has 1 heterocycles. The molecule has 0 bridgehead atoms. The van der Waals surface area contributed by atoms with E-state index in [4.69, 9.17) is 9.47 Å². The van der Waals surface area contributed by atoms with E-state index >= 15 is 0 Å². The van der Waals surface area contributed by atoms with Crippen LogP contribution in [-0.2, 0) is 19.1 Å². The zero-order chi connectivity index (χ0) is 24.1. The van der Waals surface area contributed by atoms with Gasteiger partial charge in [0.15, 0.2) is 0 Å². The molecule has 2 amide bonds. The van der Waals surface area contributed by atoms with Crippen molar-refractivity contribution in [1.29, 1.82) is 0 Å². The van der Waals surface area contributed by atoms with Crippen molar-refractivity contribution in [3.05, 3.63) is 59.7 Å². The SMILES string of the molecule is CC(CCC(=O)NC1(C(=O)O)CCOCC1)NC(=O)OCC1c2ccccc2-c2ccccc21. The van der Waals surface area contributed by atoms with Gasteiger partial charge < -0.3 is 25.2 Å². The number of hydrogen-bond donors (Lipinski definition) is 3. The number of ether oxygens (including phenoxy) is 2. The van der Waals surface area contributed by atoms with Crippen molar-refractivity contribution >= 4 is 18.0 Å². The lowest BCUT2D eigenvalue weighted by molar-refractivity contribution is -0.152. The van der Waals surface area contributed by atoms with E-state index in [2.05, 4.69) is 34.9 Å². The third-order valence-corrected chi connectivity index (χ3v) is 6.65. The number of nitrogens with one attached hydrogen (secondary N) is 2. The van der Waals surface area contributed by atoms with Gasteiger partial charge in [-0.1, -0.05) is 48.5 Å². The minimum absolute atomic E-state index is 0.0223. The van der Waals surface area contributed by atoms with Crippen LogP contribution in [-0.4, -0.2) is 54.5 Å². The van der Waals surface area contributed by atoms with Gasteiger partial charge in [0.1, 0.15) is 12.1 Å². The second-order valence-corrected chi connectivity index (χ2v) is 8.96. The van der Waals surface area contributed by atoms with Crippen LogP contribution in [0.15, 0.2) is 48.5 Å². The summed E-state index contributed by atoms with van der Waals surface area (Å²) in [6, 6.07) is 16.0. The van der Waals surface area contributed by atoms with Gasteiger partial charge in [0.05, 0.1) is 0 Å². The number of benzene rings is 2. The summed E-state index contributed by atoms with van der Waals surface area (Å²) in [4.78, 5) is 36.5. The molecule has 180 valence electrons. The number of carboxylic acid groups (broad SMARTS) is 1. The summed E-state index contributed by atoms with van der Waals surface area (Å²) in [6.07, 6.45) is 0.396. The molecule has 0 saturated carbocycles. The Hall–Kier alpha value is -3.39. The van der Waals surface area contributed by atoms with Gasteiger partial charge in [0.2, 0.25) is 5.91 Å². The van der Waals surface area contributed by atoms with Gasteiger partial charge in [-0.05, 0) is 35.6 Å². The number of aliphatic carboxylic acids is 1. The Kier molecular flexibility index (Phi) is 7.17. The molecule has 3 N–H and O–H groups in total. The Morgan fingerprint density at radius 3 is 2.24 bits per heavy atom. The van der Waals surface area contributed by atoms with Crippen LogP contribution >= 0.6 is 0 Å². The Labute approximate surface area is 198 Å². The first-order chi connectivity index (χ1) is 16.4. The summed E-state index contributed by atoms with van der Waals surface area (Å²) in [5.74, 6) is -1.43. The van der Waals surface area contributed by atoms with E-state index < -0.39 is 17.6 Å². The number of carbonyl (C=O) groups excluding carboxylic acids is 2. The molecule has 0 aromatic heterocycles. The molecular weight excluding hydrogens is 436 g/mol. The molecular formula is C26H30N2O6. The fourth-order valence-electron chi connectivity index (χ4n) is 4.70. The number of amides is 2. The normalized spacial score (nSPS) is 17.2. The lowest BCUT2D eigenvalue weighted by Crippen LogP contribution is -2.57. The standard InChI is InChI=1S/C26H30N2O6/c1-17(10-11-23(29)28-26(24(30)31)12-14-33-15-13-26)27-25(32)34-16-22-20-8-4-2-6-18(20)19-7-3-5-9-21(19)22/h2-9,17,22H,10-16H2,1H3,(H,27,32)(H,28,29)(H,30,31). The molecule has 4 rings (SSSR count). The molecule has 1 aliphatic heterocycles. The van der Waals surface area contributed by atoms with Crippen LogP contribution < -0.4 is 10.6 Å². The van der Waals surface area contributed by atoms with Crippen LogP contribution in [0.2, 0.25) is 0 Å². The van der Waals surface area contributed by atoms with Crippen molar-refractivity contribution in [1.82, 2.24) is 10.6 Å². The average Bonchev–Trinajstić information content (AvgIpc) is 3.16. The number of carboxylic acids is 1. The molecule has 1 atom stereocenters. The third kappa shape index (κ3) is 5.07. The minimum Gasteiger partial charge on any atom is -0.480 e. The maximum Gasteiger partial charge on any atom is 0.407 e. The highest BCUT2D eigenvalue weighted by atomic mass is 16.5. The topological polar surface area (TPSA) is 114 Å². The molecule has 2 aliphatic rings. The maximum absolute atomic E-state index is 12.4. The van der Waals surface area contributed by atoms with Gasteiger partial charge in [0.25, 0.3) is 0 Å². The monoisotopic (exact) mass is 466 g/mol. The van der Waals surface area contributed by atoms with Crippen LogP contribution in [0.4, 0.5) is 4.79 Å². The van der Waals surface area contributed by atoms with E-state index in [-0.39, 0.29) is 43.7 Å². The van der Waals surface area contributed by atoms with Crippen LogP contribution in [0.5, 0.6) is 0 Å². The summed E-state index contributed by atoms with van der Waals surface area (Å²) in [5.41, 5.74) is 3.33. The van der Waals surface area contributed by atoms with Crippen LogP contribution in [0, 0.1) is 0 Å². The molecule has 2 aromatic rings. The van der Waals surface area contributed by atoms with Crippen molar-refractivity contribution in [2.24, 2.45) is 0 Å². The first kappa shape index (κ1) is 23.8. The van der Waals surface area contributed by atoms with Gasteiger partial charge in [-0.2, -0.15) is 0 Å². The Morgan fingerprint density at radius 1 is 1.06 bits per heavy atom. The van der Waals surface area contributed by atoms with Crippen LogP contribution in [0.1, 0.15) is 49.7 Å². The summed E-state index contributed by atoms with van der Waals surface area (Å²) >= 11 is 0. The first-order valence-corrected chi connectivity index (χ1v) is 11.6. The third-order valence-electron chi connectivity index (χ3n) is 6.65. The lowest BCUT2D eigenvalue weighted by Gasteiger charge is -2.34. The van der Waals surface area contributed by atoms with Crippen molar-refractivity contribution in [2.75, 3.05) is 19.8 Å². The Morgan fingerprint density at radius 2 is 1.65 bits per heavy atom. The van der Waals surface area contributed by atoms with Crippen molar-refractivity contribution < 1.29 is 29.0 Å². The number of fused-ring (bicyclic) bond motifs is 3. The van der Waals surface area contributed by atoms with Gasteiger partial charge in [-0.15, -0.1) is 0 Å². The Bertz CT molecular complexity index is 1020. The van der Waals surface area contributed by atoms with Crippen molar-refractivity contribution in [2.45, 2.75) is 50.1 Å². The highest BCUT2D eigenvalue weighted by Gasteiger charge is 2.41. The van der Waals surface area contributed by atoms with Crippen LogP contribution in [0.25, 0.3) is 11.1 Å². The molecule has 0 radical (unpaired) electrons. The number of alkyl carbamates (subject to hydrolysis) is 1. The minimum atomic E-state index is -1.28. The predicted octanol–water partition coefficient (Wildman–Crippen LogP) is 3.44. The number of carbonyl (C=O) groups is 3. The van der Waals surface area contributed by atoms with E-state index in [1.54, 1.807) is 6.92 Å². The highest BCUT2D eigenvalue weighted by molar-refractivity contribution is 5.87. The number of hydrogen-bond acceptors (Lipinski definition) is 5. The van der Waals surface area contributed by atoms with Crippen molar-refractivity contribution in [3.63, 3.8) is 0 Å². The van der Waals surface area contributed by atoms with Gasteiger partial charge in [0, 0.05) is 44.4 Å². The summed E-state index contributed by atoms with van der Waals surface area (Å²) in [5, 5.41) is 15.0. The van der Waals surface area contributed by atoms with Gasteiger partial charge in [-0.25, -0.2) is 9.59 Å². The van der Waals surface area contributed by atoms with E-state index in [9.17, 15) is 19.5 Å². The van der Waals surface area contributed by atoms with Crippen molar-refractivity contribution in [3.8, 4) is 11.1 Å². The molecule has 1 aliphatic carbocycles. The van der Waals surface area contributed by atoms with Gasteiger partial charge >= 0.3 is 12.1 Å². The first-order valence-electron chi connectivity index (χ1n) is 11.6. The molecule has 1 unspecified atom stereocenters.